The van der Waals surface area contributed by atoms with Gasteiger partial charge in [-0.1, -0.05) is 15.9 Å². The van der Waals surface area contributed by atoms with Crippen LogP contribution in [-0.4, -0.2) is 4.21 Å². The fourth-order valence-electron chi connectivity index (χ4n) is 1.64. The van der Waals surface area contributed by atoms with Crippen molar-refractivity contribution in [2.45, 2.75) is 10.6 Å². The van der Waals surface area contributed by atoms with E-state index in [4.69, 9.17) is 5.73 Å². The van der Waals surface area contributed by atoms with E-state index in [0.29, 0.717) is 10.0 Å². The zero-order valence-corrected chi connectivity index (χ0v) is 12.1. The average Bonchev–Trinajstić information content (AvgIpc) is 2.25. The molecule has 2 N–H and O–H groups in total. The second-order valence-corrected chi connectivity index (χ2v) is 6.35. The van der Waals surface area contributed by atoms with Crippen LogP contribution < -0.4 is 5.73 Å². The van der Waals surface area contributed by atoms with Crippen LogP contribution in [0.25, 0.3) is 0 Å². The highest BCUT2D eigenvalue weighted by Crippen LogP contribution is 2.20. The van der Waals surface area contributed by atoms with Crippen LogP contribution in [0.15, 0.2) is 45.8 Å². The molecule has 6 heteroatoms. The predicted molar refractivity (Wildman–Crippen MR) is 75.0 cm³/mol. The molecule has 2 nitrogen and oxygen atoms in total. The first-order valence-electron chi connectivity index (χ1n) is 5.33. The fourth-order valence-corrected chi connectivity index (χ4v) is 3.31. The van der Waals surface area contributed by atoms with Gasteiger partial charge in [0.25, 0.3) is 0 Å². The van der Waals surface area contributed by atoms with E-state index in [9.17, 15) is 13.0 Å². The van der Waals surface area contributed by atoms with E-state index in [1.165, 1.54) is 24.3 Å². The highest BCUT2D eigenvalue weighted by molar-refractivity contribution is 9.10. The van der Waals surface area contributed by atoms with E-state index in [-0.39, 0.29) is 16.3 Å². The number of anilines is 1. The predicted octanol–water partition coefficient (Wildman–Crippen LogP) is 3.62. The number of hydrogen-bond acceptors (Lipinski definition) is 2. The van der Waals surface area contributed by atoms with E-state index in [2.05, 4.69) is 15.9 Å². The topological polar surface area (TPSA) is 43.1 Å². The van der Waals surface area contributed by atoms with E-state index in [0.717, 1.165) is 6.07 Å². The maximum atomic E-state index is 13.2. The molecule has 0 aliphatic rings. The maximum Gasteiger partial charge on any atom is 0.126 e. The standard InChI is InChI=1S/C13H10BrF2NOS/c14-9-1-8(2-10(15)3-9)7-19(18)13-5-11(16)4-12(17)6-13/h1-6H,7,17H2. The van der Waals surface area contributed by atoms with Crippen LogP contribution >= 0.6 is 15.9 Å². The minimum atomic E-state index is -1.48. The van der Waals surface area contributed by atoms with Gasteiger partial charge in [0.15, 0.2) is 0 Å². The zero-order valence-electron chi connectivity index (χ0n) is 9.70. The van der Waals surface area contributed by atoms with Gasteiger partial charge >= 0.3 is 0 Å². The van der Waals surface area contributed by atoms with E-state index >= 15 is 0 Å². The molecule has 0 saturated carbocycles. The summed E-state index contributed by atoms with van der Waals surface area (Å²) in [6.07, 6.45) is 0. The Morgan fingerprint density at radius 3 is 2.37 bits per heavy atom. The third-order valence-electron chi connectivity index (χ3n) is 2.38. The molecule has 0 aliphatic carbocycles. The van der Waals surface area contributed by atoms with Gasteiger partial charge in [0.1, 0.15) is 11.6 Å². The summed E-state index contributed by atoms with van der Waals surface area (Å²) in [4.78, 5) is 0.290. The van der Waals surface area contributed by atoms with Gasteiger partial charge in [-0.05, 0) is 42.0 Å². The normalized spacial score (nSPS) is 12.4. The zero-order chi connectivity index (χ0) is 14.0. The third-order valence-corrected chi connectivity index (χ3v) is 4.19. The van der Waals surface area contributed by atoms with Crippen molar-refractivity contribution < 1.29 is 13.0 Å². The summed E-state index contributed by atoms with van der Waals surface area (Å²) in [5.41, 5.74) is 6.27. The van der Waals surface area contributed by atoms with Crippen molar-refractivity contribution in [1.29, 1.82) is 0 Å². The van der Waals surface area contributed by atoms with Gasteiger partial charge in [0.05, 0.1) is 16.6 Å². The smallest absolute Gasteiger partial charge is 0.126 e. The third kappa shape index (κ3) is 3.84. The Balaban J connectivity index is 2.25. The molecule has 0 spiro atoms. The lowest BCUT2D eigenvalue weighted by molar-refractivity contribution is 0.622. The molecule has 100 valence electrons. The number of rotatable bonds is 3. The number of nitrogens with two attached hydrogens (primary N) is 1. The summed E-state index contributed by atoms with van der Waals surface area (Å²) in [5, 5.41) is 0. The first-order valence-corrected chi connectivity index (χ1v) is 7.44. The monoisotopic (exact) mass is 345 g/mol. The Labute approximate surface area is 120 Å². The van der Waals surface area contributed by atoms with Crippen molar-refractivity contribution in [2.24, 2.45) is 0 Å². The van der Waals surface area contributed by atoms with Gasteiger partial charge in [0.2, 0.25) is 0 Å². The lowest BCUT2D eigenvalue weighted by Crippen LogP contribution is -1.99. The van der Waals surface area contributed by atoms with Crippen LogP contribution in [0.4, 0.5) is 14.5 Å². The summed E-state index contributed by atoms with van der Waals surface area (Å²) in [5.74, 6) is -0.858. The van der Waals surface area contributed by atoms with Crippen LogP contribution in [0.3, 0.4) is 0 Å². The van der Waals surface area contributed by atoms with Gasteiger partial charge in [-0.25, -0.2) is 8.78 Å². The summed E-state index contributed by atoms with van der Waals surface area (Å²) < 4.78 is 39.0. The van der Waals surface area contributed by atoms with Crippen molar-refractivity contribution in [3.05, 3.63) is 58.1 Å². The largest absolute Gasteiger partial charge is 0.399 e. The first-order chi connectivity index (χ1) is 8.94. The molecule has 1 atom stereocenters. The molecule has 19 heavy (non-hydrogen) atoms. The summed E-state index contributed by atoms with van der Waals surface area (Å²) in [6, 6.07) is 8.05. The van der Waals surface area contributed by atoms with Gasteiger partial charge in [-0.3, -0.25) is 4.21 Å². The van der Waals surface area contributed by atoms with Crippen LogP contribution in [0.2, 0.25) is 0 Å². The molecule has 2 aromatic rings. The Morgan fingerprint density at radius 2 is 1.74 bits per heavy atom. The van der Waals surface area contributed by atoms with Crippen molar-refractivity contribution in [3.8, 4) is 0 Å². The molecular formula is C13H10BrF2NOS. The summed E-state index contributed by atoms with van der Waals surface area (Å²) in [6.45, 7) is 0. The Bertz CT molecular complexity index is 608. The lowest BCUT2D eigenvalue weighted by atomic mass is 10.2. The van der Waals surface area contributed by atoms with Gasteiger partial charge in [-0.15, -0.1) is 0 Å². The minimum Gasteiger partial charge on any atom is -0.399 e. The Morgan fingerprint density at radius 1 is 1.05 bits per heavy atom. The van der Waals surface area contributed by atoms with Crippen molar-refractivity contribution in [3.63, 3.8) is 0 Å². The molecule has 0 saturated heterocycles. The first kappa shape index (κ1) is 14.1. The molecule has 0 fully saturated rings. The second-order valence-electron chi connectivity index (χ2n) is 3.99. The van der Waals surface area contributed by atoms with Crippen molar-refractivity contribution in [1.82, 2.24) is 0 Å². The van der Waals surface area contributed by atoms with Crippen molar-refractivity contribution in [2.75, 3.05) is 5.73 Å². The molecule has 0 radical (unpaired) electrons. The fraction of sp³-hybridized carbons (Fsp3) is 0.0769. The van der Waals surface area contributed by atoms with Crippen molar-refractivity contribution >= 4 is 32.4 Å². The number of nitrogen functional groups attached to an aromatic ring is 1. The molecular weight excluding hydrogens is 336 g/mol. The molecule has 0 heterocycles. The Kier molecular flexibility index (Phi) is 4.31. The molecule has 1 unspecified atom stereocenters. The SMILES string of the molecule is Nc1cc(F)cc(S(=O)Cc2cc(F)cc(Br)c2)c1. The van der Waals surface area contributed by atoms with Crippen LogP contribution in [0.5, 0.6) is 0 Å². The number of halogens is 3. The second kappa shape index (κ2) is 5.79. The summed E-state index contributed by atoms with van der Waals surface area (Å²) >= 11 is 3.16. The highest BCUT2D eigenvalue weighted by Gasteiger charge is 2.09. The van der Waals surface area contributed by atoms with Gasteiger partial charge in [-0.2, -0.15) is 0 Å². The molecule has 0 aromatic heterocycles. The quantitative estimate of drug-likeness (QED) is 0.863. The number of benzene rings is 2. The minimum absolute atomic E-state index is 0.0965. The highest BCUT2D eigenvalue weighted by atomic mass is 79.9. The van der Waals surface area contributed by atoms with Crippen LogP contribution in [0.1, 0.15) is 5.56 Å². The van der Waals surface area contributed by atoms with Crippen LogP contribution in [0, 0.1) is 11.6 Å². The van der Waals surface area contributed by atoms with E-state index in [1.807, 2.05) is 0 Å². The Hall–Kier alpha value is -1.27. The van der Waals surface area contributed by atoms with E-state index < -0.39 is 22.4 Å². The number of hydrogen-bond donors (Lipinski definition) is 1. The van der Waals surface area contributed by atoms with Gasteiger partial charge in [0, 0.05) is 15.1 Å². The molecule has 0 bridgehead atoms. The molecule has 2 aromatic carbocycles. The van der Waals surface area contributed by atoms with E-state index in [1.54, 1.807) is 6.07 Å². The average molecular weight is 346 g/mol. The lowest BCUT2D eigenvalue weighted by Gasteiger charge is -2.05. The summed E-state index contributed by atoms with van der Waals surface area (Å²) in [7, 11) is -1.48. The molecule has 2 rings (SSSR count). The van der Waals surface area contributed by atoms with Crippen LogP contribution in [-0.2, 0) is 16.6 Å². The molecule has 0 amide bonds. The van der Waals surface area contributed by atoms with Gasteiger partial charge < -0.3 is 5.73 Å². The molecule has 0 aliphatic heterocycles. The maximum absolute atomic E-state index is 13.2.